The zero-order valence-corrected chi connectivity index (χ0v) is 23.1. The Morgan fingerprint density at radius 3 is 2.21 bits per heavy atom. The van der Waals surface area contributed by atoms with Crippen LogP contribution in [-0.2, 0) is 33.0 Å². The smallest absolute Gasteiger partial charge is 0.407 e. The van der Waals surface area contributed by atoms with Gasteiger partial charge in [-0.15, -0.1) is 4.72 Å². The number of ether oxygens (including phenoxy) is 1. The number of carbonyl (C=O) groups is 2. The summed E-state index contributed by atoms with van der Waals surface area (Å²) in [6.07, 6.45) is -1.34. The van der Waals surface area contributed by atoms with Gasteiger partial charge in [-0.05, 0) is 57.2 Å². The minimum atomic E-state index is -2.79. The van der Waals surface area contributed by atoms with E-state index in [1.807, 2.05) is 82.3 Å². The lowest BCUT2D eigenvalue weighted by molar-refractivity contribution is -0.124. The van der Waals surface area contributed by atoms with Crippen molar-refractivity contribution < 1.29 is 27.7 Å². The van der Waals surface area contributed by atoms with Gasteiger partial charge in [0, 0.05) is 24.2 Å². The molecule has 1 saturated carbocycles. The Kier molecular flexibility index (Phi) is 9.78. The van der Waals surface area contributed by atoms with E-state index >= 15 is 0 Å². The lowest BCUT2D eigenvalue weighted by Gasteiger charge is -2.41. The summed E-state index contributed by atoms with van der Waals surface area (Å²) in [6, 6.07) is 16.3. The average molecular weight is 550 g/mol. The van der Waals surface area contributed by atoms with Crippen LogP contribution in [0.3, 0.4) is 0 Å². The van der Waals surface area contributed by atoms with Crippen LogP contribution in [0.15, 0.2) is 54.6 Å². The number of amides is 2. The number of carbonyl (C=O) groups excluding carboxylic acids is 2. The van der Waals surface area contributed by atoms with E-state index in [-0.39, 0.29) is 44.9 Å². The number of alkyl carbamates (subject to hydrolysis) is 1. The van der Waals surface area contributed by atoms with Crippen molar-refractivity contribution in [1.29, 1.82) is 0 Å². The van der Waals surface area contributed by atoms with E-state index in [1.54, 1.807) is 0 Å². The van der Waals surface area contributed by atoms with E-state index in [2.05, 4.69) is 15.4 Å². The molecule has 38 heavy (non-hydrogen) atoms. The predicted molar refractivity (Wildman–Crippen MR) is 144 cm³/mol. The summed E-state index contributed by atoms with van der Waals surface area (Å²) in [5, 5.41) is 5.33. The maximum atomic E-state index is 14.0. The molecule has 2 atom stereocenters. The molecule has 2 aromatic carbocycles. The van der Waals surface area contributed by atoms with Crippen LogP contribution in [0.2, 0.25) is 0 Å². The lowest BCUT2D eigenvalue weighted by Crippen LogP contribution is -2.52. The van der Waals surface area contributed by atoms with Crippen LogP contribution in [0, 0.1) is 0 Å². The number of nitrogens with one attached hydrogen (secondary N) is 3. The zero-order chi connectivity index (χ0) is 28.0. The highest BCUT2D eigenvalue weighted by molar-refractivity contribution is 7.90. The SMILES string of the molecule is C[C@H](N[S+]([O-])C(C)(C)C)c1ccc(C2(NC(=O)CNC(=O)OCc3ccccc3)CCC(F)(F)CC2)cc1. The molecule has 3 N–H and O–H groups in total. The molecule has 0 spiro atoms. The van der Waals surface area contributed by atoms with Crippen LogP contribution >= 0.6 is 0 Å². The second kappa shape index (κ2) is 12.4. The number of rotatable bonds is 9. The molecule has 0 bridgehead atoms. The average Bonchev–Trinajstić information content (AvgIpc) is 2.88. The first-order valence-electron chi connectivity index (χ1n) is 12.7. The van der Waals surface area contributed by atoms with Gasteiger partial charge in [0.25, 0.3) is 0 Å². The maximum Gasteiger partial charge on any atom is 0.407 e. The Balaban J connectivity index is 1.64. The monoisotopic (exact) mass is 549 g/mol. The Morgan fingerprint density at radius 1 is 1.03 bits per heavy atom. The number of alkyl halides is 2. The Labute approximate surface area is 226 Å². The number of hydrogen-bond acceptors (Lipinski definition) is 5. The van der Waals surface area contributed by atoms with E-state index in [1.165, 1.54) is 0 Å². The summed E-state index contributed by atoms with van der Waals surface area (Å²) in [7, 11) is 0. The summed E-state index contributed by atoms with van der Waals surface area (Å²) in [5.41, 5.74) is 1.42. The third kappa shape index (κ3) is 8.41. The van der Waals surface area contributed by atoms with Gasteiger partial charge in [-0.3, -0.25) is 4.79 Å². The van der Waals surface area contributed by atoms with Crippen molar-refractivity contribution in [2.24, 2.45) is 0 Å². The molecular formula is C28H37F2N3O4S. The summed E-state index contributed by atoms with van der Waals surface area (Å²) in [6.45, 7) is 7.28. The standard InChI is InChI=1S/C28H37F2N3O4S/c1-20(33-38(36)26(2,3)4)22-10-12-23(13-11-22)27(14-16-28(29,30)17-15-27)32-24(34)18-31-25(35)37-19-21-8-6-5-7-9-21/h5-13,20,33H,14-19H2,1-4H3,(H,31,35)(H,32,34)/t20-,38?/m0/s1. The molecule has 1 aliphatic carbocycles. The van der Waals surface area contributed by atoms with Crippen molar-refractivity contribution in [3.8, 4) is 0 Å². The number of hydrogen-bond donors (Lipinski definition) is 3. The van der Waals surface area contributed by atoms with Crippen molar-refractivity contribution in [3.63, 3.8) is 0 Å². The molecule has 2 amide bonds. The highest BCUT2D eigenvalue weighted by Gasteiger charge is 2.45. The van der Waals surface area contributed by atoms with Gasteiger partial charge in [-0.2, -0.15) is 0 Å². The molecule has 1 aliphatic rings. The van der Waals surface area contributed by atoms with Crippen LogP contribution in [0.5, 0.6) is 0 Å². The van der Waals surface area contributed by atoms with Crippen LogP contribution < -0.4 is 15.4 Å². The van der Waals surface area contributed by atoms with Gasteiger partial charge < -0.3 is 19.9 Å². The molecule has 0 radical (unpaired) electrons. The van der Waals surface area contributed by atoms with Crippen molar-refractivity contribution in [1.82, 2.24) is 15.4 Å². The minimum Gasteiger partial charge on any atom is -0.598 e. The topological polar surface area (TPSA) is 103 Å². The Hall–Kier alpha value is -2.69. The second-order valence-corrected chi connectivity index (χ2v) is 12.7. The summed E-state index contributed by atoms with van der Waals surface area (Å²) in [5.74, 6) is -3.28. The fourth-order valence-electron chi connectivity index (χ4n) is 4.26. The van der Waals surface area contributed by atoms with E-state index in [9.17, 15) is 22.9 Å². The summed E-state index contributed by atoms with van der Waals surface area (Å²) in [4.78, 5) is 24.9. The first-order valence-corrected chi connectivity index (χ1v) is 13.9. The quantitative estimate of drug-likeness (QED) is 0.371. The molecule has 1 fully saturated rings. The van der Waals surface area contributed by atoms with Crippen molar-refractivity contribution in [2.75, 3.05) is 6.54 Å². The first kappa shape index (κ1) is 29.9. The molecule has 0 aliphatic heterocycles. The van der Waals surface area contributed by atoms with E-state index in [0.29, 0.717) is 5.56 Å². The molecule has 2 aromatic rings. The van der Waals surface area contributed by atoms with Gasteiger partial charge in [-0.25, -0.2) is 13.6 Å². The molecule has 0 aromatic heterocycles. The molecule has 208 valence electrons. The van der Waals surface area contributed by atoms with E-state index in [4.69, 9.17) is 4.74 Å². The third-order valence-electron chi connectivity index (χ3n) is 6.62. The molecule has 0 heterocycles. The van der Waals surface area contributed by atoms with Crippen LogP contribution in [0.25, 0.3) is 0 Å². The molecular weight excluding hydrogens is 512 g/mol. The highest BCUT2D eigenvalue weighted by atomic mass is 32.2. The minimum absolute atomic E-state index is 0.0609. The van der Waals surface area contributed by atoms with E-state index in [0.717, 1.165) is 11.1 Å². The third-order valence-corrected chi connectivity index (χ3v) is 8.30. The zero-order valence-electron chi connectivity index (χ0n) is 22.3. The largest absolute Gasteiger partial charge is 0.598 e. The normalized spacial score (nSPS) is 18.2. The summed E-state index contributed by atoms with van der Waals surface area (Å²) >= 11 is -1.26. The van der Waals surface area contributed by atoms with Gasteiger partial charge in [0.05, 0.1) is 11.6 Å². The first-order chi connectivity index (χ1) is 17.8. The highest BCUT2D eigenvalue weighted by Crippen LogP contribution is 2.44. The van der Waals surface area contributed by atoms with Crippen molar-refractivity contribution in [3.05, 3.63) is 71.3 Å². The Bertz CT molecular complexity index is 1070. The van der Waals surface area contributed by atoms with Gasteiger partial charge in [-0.1, -0.05) is 54.6 Å². The number of halogens is 2. The molecule has 7 nitrogen and oxygen atoms in total. The van der Waals surface area contributed by atoms with Crippen molar-refractivity contribution in [2.45, 2.75) is 82.2 Å². The van der Waals surface area contributed by atoms with Crippen LogP contribution in [0.1, 0.15) is 76.1 Å². The van der Waals surface area contributed by atoms with Crippen LogP contribution in [-0.4, -0.2) is 33.8 Å². The van der Waals surface area contributed by atoms with Crippen molar-refractivity contribution >= 4 is 23.4 Å². The lowest BCUT2D eigenvalue weighted by atomic mass is 9.75. The predicted octanol–water partition coefficient (Wildman–Crippen LogP) is 5.25. The molecule has 10 heteroatoms. The molecule has 1 unspecified atom stereocenters. The maximum absolute atomic E-state index is 14.0. The van der Waals surface area contributed by atoms with Gasteiger partial charge >= 0.3 is 6.09 Å². The molecule has 3 rings (SSSR count). The number of benzene rings is 2. The van der Waals surface area contributed by atoms with Gasteiger partial charge in [0.2, 0.25) is 11.8 Å². The van der Waals surface area contributed by atoms with E-state index < -0.39 is 39.6 Å². The fourth-order valence-corrected chi connectivity index (χ4v) is 5.07. The fraction of sp³-hybridized carbons (Fsp3) is 0.500. The van der Waals surface area contributed by atoms with Crippen LogP contribution in [0.4, 0.5) is 13.6 Å². The van der Waals surface area contributed by atoms with Gasteiger partial charge in [0.15, 0.2) is 0 Å². The summed E-state index contributed by atoms with van der Waals surface area (Å²) < 4.78 is 48.3. The Morgan fingerprint density at radius 2 is 1.63 bits per heavy atom. The van der Waals surface area contributed by atoms with Gasteiger partial charge in [0.1, 0.15) is 17.9 Å². The second-order valence-electron chi connectivity index (χ2n) is 10.7. The molecule has 0 saturated heterocycles.